The zero-order valence-electron chi connectivity index (χ0n) is 14.2. The van der Waals surface area contributed by atoms with Crippen LogP contribution in [0.4, 0.5) is 0 Å². The number of imidazole rings is 1. The first-order valence-corrected chi connectivity index (χ1v) is 8.58. The van der Waals surface area contributed by atoms with Crippen molar-refractivity contribution in [1.82, 2.24) is 19.6 Å². The summed E-state index contributed by atoms with van der Waals surface area (Å²) in [6.45, 7) is 5.07. The van der Waals surface area contributed by atoms with Crippen LogP contribution in [0.5, 0.6) is 0 Å². The molecule has 0 radical (unpaired) electrons. The molecule has 0 saturated carbocycles. The first-order chi connectivity index (χ1) is 11.6. The van der Waals surface area contributed by atoms with E-state index in [9.17, 15) is 9.59 Å². The molecule has 1 aliphatic rings. The molecule has 24 heavy (non-hydrogen) atoms. The predicted molar refractivity (Wildman–Crippen MR) is 91.2 cm³/mol. The highest BCUT2D eigenvalue weighted by Gasteiger charge is 2.36. The minimum Gasteiger partial charge on any atom is -0.350 e. The summed E-state index contributed by atoms with van der Waals surface area (Å²) >= 11 is 0. The van der Waals surface area contributed by atoms with Crippen molar-refractivity contribution in [2.24, 2.45) is 5.92 Å². The van der Waals surface area contributed by atoms with Crippen molar-refractivity contribution in [1.29, 1.82) is 0 Å². The Bertz CT molecular complexity index is 706. The van der Waals surface area contributed by atoms with Gasteiger partial charge in [-0.25, -0.2) is 4.98 Å². The van der Waals surface area contributed by atoms with E-state index in [-0.39, 0.29) is 23.8 Å². The molecular weight excluding hydrogens is 304 g/mol. The Morgan fingerprint density at radius 3 is 3.04 bits per heavy atom. The lowest BCUT2D eigenvalue weighted by Gasteiger charge is -2.24. The summed E-state index contributed by atoms with van der Waals surface area (Å²) in [5.41, 5.74) is 1.67. The molecular formula is C18H24N4O2. The predicted octanol–water partition coefficient (Wildman–Crippen LogP) is 1.99. The van der Waals surface area contributed by atoms with Crippen LogP contribution in [0, 0.1) is 5.92 Å². The number of nitrogens with zero attached hydrogens (tertiary/aromatic N) is 3. The molecule has 1 saturated heterocycles. The zero-order chi connectivity index (χ0) is 17.1. The lowest BCUT2D eigenvalue weighted by molar-refractivity contribution is -0.130. The second kappa shape index (κ2) is 7.03. The number of likely N-dealkylation sites (tertiary alicyclic amines) is 1. The molecule has 2 aromatic rings. The van der Waals surface area contributed by atoms with Gasteiger partial charge in [0.1, 0.15) is 5.65 Å². The molecule has 6 nitrogen and oxygen atoms in total. The number of hydrogen-bond acceptors (Lipinski definition) is 3. The molecule has 1 N–H and O–H groups in total. The van der Waals surface area contributed by atoms with Gasteiger partial charge in [0.2, 0.25) is 11.8 Å². The van der Waals surface area contributed by atoms with E-state index < -0.39 is 0 Å². The van der Waals surface area contributed by atoms with Gasteiger partial charge in [0.05, 0.1) is 18.2 Å². The number of carbonyl (C=O) groups is 2. The Morgan fingerprint density at radius 1 is 1.46 bits per heavy atom. The van der Waals surface area contributed by atoms with Crippen LogP contribution in [-0.4, -0.2) is 38.7 Å². The van der Waals surface area contributed by atoms with Gasteiger partial charge in [0, 0.05) is 31.4 Å². The smallest absolute Gasteiger partial charge is 0.225 e. The monoisotopic (exact) mass is 328 g/mol. The Morgan fingerprint density at radius 2 is 2.29 bits per heavy atom. The molecule has 2 atom stereocenters. The lowest BCUT2D eigenvalue weighted by atomic mass is 10.1. The number of pyridine rings is 1. The Balaban J connectivity index is 1.56. The van der Waals surface area contributed by atoms with Crippen molar-refractivity contribution in [3.05, 3.63) is 36.3 Å². The number of amides is 2. The maximum absolute atomic E-state index is 12.4. The third kappa shape index (κ3) is 3.42. The van der Waals surface area contributed by atoms with Crippen molar-refractivity contribution in [2.45, 2.75) is 45.7 Å². The van der Waals surface area contributed by atoms with Crippen LogP contribution < -0.4 is 5.32 Å². The van der Waals surface area contributed by atoms with Gasteiger partial charge in [-0.05, 0) is 25.5 Å². The topological polar surface area (TPSA) is 66.7 Å². The fourth-order valence-corrected chi connectivity index (χ4v) is 3.30. The van der Waals surface area contributed by atoms with E-state index in [2.05, 4.69) is 24.1 Å². The van der Waals surface area contributed by atoms with Crippen molar-refractivity contribution in [3.63, 3.8) is 0 Å². The first kappa shape index (κ1) is 16.5. The van der Waals surface area contributed by atoms with Crippen LogP contribution in [0.25, 0.3) is 5.65 Å². The molecule has 2 aromatic heterocycles. The van der Waals surface area contributed by atoms with E-state index in [0.29, 0.717) is 19.5 Å². The number of rotatable bonds is 6. The van der Waals surface area contributed by atoms with E-state index in [4.69, 9.17) is 0 Å². The summed E-state index contributed by atoms with van der Waals surface area (Å²) in [6, 6.07) is 6.00. The maximum atomic E-state index is 12.4. The molecule has 3 rings (SSSR count). The molecule has 1 fully saturated rings. The lowest BCUT2D eigenvalue weighted by Crippen LogP contribution is -2.36. The van der Waals surface area contributed by atoms with Gasteiger partial charge in [0.15, 0.2) is 0 Å². The number of nitrogens with one attached hydrogen (secondary N) is 1. The van der Waals surface area contributed by atoms with Crippen LogP contribution in [0.15, 0.2) is 30.6 Å². The Labute approximate surface area is 141 Å². The summed E-state index contributed by atoms with van der Waals surface area (Å²) in [6.07, 6.45) is 6.16. The largest absolute Gasteiger partial charge is 0.350 e. The van der Waals surface area contributed by atoms with Crippen molar-refractivity contribution in [3.8, 4) is 0 Å². The molecule has 3 heterocycles. The van der Waals surface area contributed by atoms with E-state index in [1.165, 1.54) is 0 Å². The van der Waals surface area contributed by atoms with Crippen molar-refractivity contribution < 1.29 is 9.59 Å². The number of fused-ring (bicyclic) bond motifs is 1. The summed E-state index contributed by atoms with van der Waals surface area (Å²) in [4.78, 5) is 30.8. The average molecular weight is 328 g/mol. The van der Waals surface area contributed by atoms with Gasteiger partial charge in [0.25, 0.3) is 0 Å². The van der Waals surface area contributed by atoms with Crippen molar-refractivity contribution in [2.75, 3.05) is 6.54 Å². The second-order valence-electron chi connectivity index (χ2n) is 6.50. The second-order valence-corrected chi connectivity index (χ2v) is 6.50. The molecule has 6 heteroatoms. The van der Waals surface area contributed by atoms with Gasteiger partial charge >= 0.3 is 0 Å². The van der Waals surface area contributed by atoms with E-state index in [1.807, 2.05) is 39.9 Å². The Kier molecular flexibility index (Phi) is 4.83. The number of hydrogen-bond donors (Lipinski definition) is 1. The third-order valence-corrected chi connectivity index (χ3v) is 4.63. The minimum absolute atomic E-state index is 0.0633. The highest BCUT2D eigenvalue weighted by atomic mass is 16.2. The van der Waals surface area contributed by atoms with Gasteiger partial charge in [-0.2, -0.15) is 0 Å². The highest BCUT2D eigenvalue weighted by Crippen LogP contribution is 2.22. The molecule has 2 amide bonds. The average Bonchev–Trinajstić information content (AvgIpc) is 3.16. The van der Waals surface area contributed by atoms with Gasteiger partial charge in [-0.3, -0.25) is 9.59 Å². The third-order valence-electron chi connectivity index (χ3n) is 4.63. The number of carbonyl (C=O) groups excluding carboxylic acids is 2. The summed E-state index contributed by atoms with van der Waals surface area (Å²) in [5.74, 6) is -0.232. The molecule has 0 spiro atoms. The first-order valence-electron chi connectivity index (χ1n) is 8.58. The van der Waals surface area contributed by atoms with Crippen LogP contribution >= 0.6 is 0 Å². The minimum atomic E-state index is -0.256. The van der Waals surface area contributed by atoms with Gasteiger partial charge in [-0.15, -0.1) is 0 Å². The summed E-state index contributed by atoms with van der Waals surface area (Å²) in [7, 11) is 0. The quantitative estimate of drug-likeness (QED) is 0.882. The van der Waals surface area contributed by atoms with E-state index in [1.54, 1.807) is 0 Å². The summed E-state index contributed by atoms with van der Waals surface area (Å²) in [5, 5.41) is 2.92. The molecule has 1 aliphatic heterocycles. The molecule has 0 unspecified atom stereocenters. The zero-order valence-corrected chi connectivity index (χ0v) is 14.2. The van der Waals surface area contributed by atoms with E-state index in [0.717, 1.165) is 24.2 Å². The van der Waals surface area contributed by atoms with Gasteiger partial charge in [-0.1, -0.05) is 19.4 Å². The van der Waals surface area contributed by atoms with Crippen LogP contribution in [0.3, 0.4) is 0 Å². The van der Waals surface area contributed by atoms with E-state index >= 15 is 0 Å². The van der Waals surface area contributed by atoms with Crippen LogP contribution in [0.2, 0.25) is 0 Å². The fraction of sp³-hybridized carbons (Fsp3) is 0.500. The van der Waals surface area contributed by atoms with Crippen molar-refractivity contribution >= 4 is 17.5 Å². The molecule has 0 aliphatic carbocycles. The molecule has 0 aromatic carbocycles. The SMILES string of the molecule is CCC[C@@H](C)N1C[C@@H](C(=O)NCc2cn3ccccc3n2)CC1=O. The summed E-state index contributed by atoms with van der Waals surface area (Å²) < 4.78 is 1.93. The molecule has 0 bridgehead atoms. The standard InChI is InChI=1S/C18H24N4O2/c1-3-6-13(2)22-11-14(9-17(22)23)18(24)19-10-15-12-21-8-5-4-7-16(21)20-15/h4-5,7-8,12-14H,3,6,9-11H2,1-2H3,(H,19,24)/t13-,14+/m1/s1. The maximum Gasteiger partial charge on any atom is 0.225 e. The molecule has 128 valence electrons. The fourth-order valence-electron chi connectivity index (χ4n) is 3.30. The Hall–Kier alpha value is -2.37. The number of aromatic nitrogens is 2. The van der Waals surface area contributed by atoms with Crippen LogP contribution in [0.1, 0.15) is 38.8 Å². The van der Waals surface area contributed by atoms with Crippen LogP contribution in [-0.2, 0) is 16.1 Å². The normalized spacial score (nSPS) is 19.0. The highest BCUT2D eigenvalue weighted by molar-refractivity contribution is 5.89. The van der Waals surface area contributed by atoms with Gasteiger partial charge < -0.3 is 14.6 Å².